The molecule has 3 unspecified atom stereocenters. The maximum Gasteiger partial charge on any atom is 0.243 e. The van der Waals surface area contributed by atoms with E-state index in [0.717, 1.165) is 45.0 Å². The summed E-state index contributed by atoms with van der Waals surface area (Å²) in [7, 11) is 0. The topological polar surface area (TPSA) is 159 Å². The SMILES string of the molecule is O=C(CCCCCC(=O)NCc1cccc(-c2cccc(C3OC(CSc4ncn[nH]4)CC(c4ccc(CO)cc4)O3)c2)c1)NO. The number of hydrogen-bond donors (Lipinski definition) is 5. The van der Waals surface area contributed by atoms with Crippen LogP contribution in [0.2, 0.25) is 0 Å². The molecule has 2 amide bonds. The minimum absolute atomic E-state index is 0.0105. The number of aliphatic hydroxyl groups is 1. The fourth-order valence-corrected chi connectivity index (χ4v) is 6.07. The maximum atomic E-state index is 12.4. The molecule has 3 atom stereocenters. The van der Waals surface area contributed by atoms with Crippen LogP contribution in [0, 0.1) is 0 Å². The first kappa shape index (κ1) is 33.3. The molecule has 0 spiro atoms. The predicted molar refractivity (Wildman–Crippen MR) is 172 cm³/mol. The third-order valence-electron chi connectivity index (χ3n) is 7.75. The van der Waals surface area contributed by atoms with Crippen LogP contribution in [0.25, 0.3) is 11.1 Å². The van der Waals surface area contributed by atoms with Gasteiger partial charge in [-0.2, -0.15) is 5.10 Å². The zero-order valence-corrected chi connectivity index (χ0v) is 26.2. The van der Waals surface area contributed by atoms with Gasteiger partial charge in [-0.25, -0.2) is 10.5 Å². The fourth-order valence-electron chi connectivity index (χ4n) is 5.28. The number of rotatable bonds is 15. The lowest BCUT2D eigenvalue weighted by molar-refractivity contribution is -0.245. The monoisotopic (exact) mass is 645 g/mol. The number of carbonyl (C=O) groups is 2. The molecule has 3 aromatic carbocycles. The van der Waals surface area contributed by atoms with E-state index in [4.69, 9.17) is 14.7 Å². The molecule has 1 fully saturated rings. The molecule has 0 radical (unpaired) electrons. The Morgan fingerprint density at radius 1 is 0.891 bits per heavy atom. The minimum atomic E-state index is -0.586. The van der Waals surface area contributed by atoms with E-state index in [2.05, 4.69) is 32.6 Å². The summed E-state index contributed by atoms with van der Waals surface area (Å²) >= 11 is 1.55. The number of nitrogens with one attached hydrogen (secondary N) is 3. The van der Waals surface area contributed by atoms with Crippen LogP contribution in [0.5, 0.6) is 0 Å². The van der Waals surface area contributed by atoms with Crippen LogP contribution in [0.15, 0.2) is 84.3 Å². The molecular formula is C34H39N5O6S. The van der Waals surface area contributed by atoms with Crippen molar-refractivity contribution in [3.8, 4) is 11.1 Å². The molecule has 242 valence electrons. The summed E-state index contributed by atoms with van der Waals surface area (Å²) in [4.78, 5) is 27.7. The number of aliphatic hydroxyl groups excluding tert-OH is 1. The smallest absolute Gasteiger partial charge is 0.243 e. The van der Waals surface area contributed by atoms with Gasteiger partial charge in [-0.15, -0.1) is 0 Å². The Bertz CT molecular complexity index is 1550. The molecule has 5 rings (SSSR count). The van der Waals surface area contributed by atoms with Gasteiger partial charge in [-0.3, -0.25) is 19.9 Å². The molecule has 1 aliphatic heterocycles. The van der Waals surface area contributed by atoms with Crippen molar-refractivity contribution in [2.45, 2.75) is 75.3 Å². The van der Waals surface area contributed by atoms with Gasteiger partial charge in [-0.1, -0.05) is 78.8 Å². The second kappa shape index (κ2) is 17.0. The molecule has 12 heteroatoms. The highest BCUT2D eigenvalue weighted by Gasteiger charge is 2.32. The van der Waals surface area contributed by atoms with E-state index in [1.54, 1.807) is 17.2 Å². The molecule has 4 aromatic rings. The third-order valence-corrected chi connectivity index (χ3v) is 8.76. The number of H-pyrrole nitrogens is 1. The molecule has 11 nitrogen and oxygen atoms in total. The van der Waals surface area contributed by atoms with Crippen molar-refractivity contribution >= 4 is 23.6 Å². The van der Waals surface area contributed by atoms with Gasteiger partial charge in [0.2, 0.25) is 11.8 Å². The standard InChI is InChI=1S/C34H39N5O6S/c40-20-23-12-14-25(15-13-23)30-18-29(21-46-34-36-22-37-38-34)44-33(45-30)28-9-5-8-27(17-28)26-7-4-6-24(16-26)19-35-31(41)10-2-1-3-11-32(42)39-43/h4-9,12-17,22,29-30,33,40,43H,1-3,10-11,18-21H2,(H,35,41)(H,39,42)(H,36,37,38). The van der Waals surface area contributed by atoms with Gasteiger partial charge in [-0.05, 0) is 52.8 Å². The van der Waals surface area contributed by atoms with Gasteiger partial charge in [0.05, 0.1) is 18.8 Å². The number of hydroxylamine groups is 1. The fraction of sp³-hybridized carbons (Fsp3) is 0.353. The van der Waals surface area contributed by atoms with Crippen molar-refractivity contribution < 1.29 is 29.4 Å². The van der Waals surface area contributed by atoms with Crippen molar-refractivity contribution in [2.24, 2.45) is 0 Å². The van der Waals surface area contributed by atoms with E-state index in [1.165, 1.54) is 6.33 Å². The van der Waals surface area contributed by atoms with Crippen molar-refractivity contribution in [3.63, 3.8) is 0 Å². The van der Waals surface area contributed by atoms with E-state index in [0.29, 0.717) is 38.0 Å². The third kappa shape index (κ3) is 9.71. The van der Waals surface area contributed by atoms with E-state index in [-0.39, 0.29) is 31.1 Å². The first-order chi connectivity index (χ1) is 22.5. The number of thioether (sulfide) groups is 1. The number of aromatic nitrogens is 3. The van der Waals surface area contributed by atoms with Crippen LogP contribution in [-0.4, -0.2) is 49.2 Å². The number of unbranched alkanes of at least 4 members (excludes halogenated alkanes) is 2. The summed E-state index contributed by atoms with van der Waals surface area (Å²) < 4.78 is 13.0. The van der Waals surface area contributed by atoms with Gasteiger partial charge in [0, 0.05) is 37.1 Å². The molecule has 1 aromatic heterocycles. The molecule has 1 aliphatic rings. The van der Waals surface area contributed by atoms with Crippen LogP contribution in [-0.2, 0) is 32.2 Å². The maximum absolute atomic E-state index is 12.4. The summed E-state index contributed by atoms with van der Waals surface area (Å²) in [6.45, 7) is 0.402. The summed E-state index contributed by atoms with van der Waals surface area (Å²) in [6, 6.07) is 24.0. The van der Waals surface area contributed by atoms with Gasteiger partial charge >= 0.3 is 0 Å². The Labute approximate surface area is 272 Å². The first-order valence-corrected chi connectivity index (χ1v) is 16.4. The largest absolute Gasteiger partial charge is 0.392 e. The number of carbonyl (C=O) groups excluding carboxylic acids is 2. The van der Waals surface area contributed by atoms with E-state index >= 15 is 0 Å². The highest BCUT2D eigenvalue weighted by atomic mass is 32.2. The second-order valence-corrected chi connectivity index (χ2v) is 12.2. The Hall–Kier alpha value is -4.07. The van der Waals surface area contributed by atoms with Crippen LogP contribution < -0.4 is 10.8 Å². The molecule has 1 saturated heterocycles. The van der Waals surface area contributed by atoms with Crippen molar-refractivity contribution in [2.75, 3.05) is 5.75 Å². The quantitative estimate of drug-likeness (QED) is 0.0496. The van der Waals surface area contributed by atoms with Crippen molar-refractivity contribution in [1.82, 2.24) is 26.0 Å². The zero-order chi connectivity index (χ0) is 32.1. The summed E-state index contributed by atoms with van der Waals surface area (Å²) in [5, 5.41) is 28.6. The minimum Gasteiger partial charge on any atom is -0.392 e. The Morgan fingerprint density at radius 3 is 2.39 bits per heavy atom. The molecule has 0 saturated carbocycles. The van der Waals surface area contributed by atoms with E-state index < -0.39 is 12.2 Å². The molecule has 46 heavy (non-hydrogen) atoms. The summed E-state index contributed by atoms with van der Waals surface area (Å²) in [5.74, 6) is 0.224. The lowest BCUT2D eigenvalue weighted by atomic mass is 9.99. The Morgan fingerprint density at radius 2 is 1.65 bits per heavy atom. The number of ether oxygens (including phenoxy) is 2. The van der Waals surface area contributed by atoms with Gasteiger partial charge in [0.1, 0.15) is 6.33 Å². The lowest BCUT2D eigenvalue weighted by Gasteiger charge is -2.36. The Balaban J connectivity index is 1.23. The average Bonchev–Trinajstić information content (AvgIpc) is 3.63. The lowest BCUT2D eigenvalue weighted by Crippen LogP contribution is -2.31. The van der Waals surface area contributed by atoms with Crippen molar-refractivity contribution in [3.05, 3.63) is 101 Å². The molecule has 0 bridgehead atoms. The number of nitrogens with zero attached hydrogens (tertiary/aromatic N) is 2. The number of aromatic amines is 1. The summed E-state index contributed by atoms with van der Waals surface area (Å²) in [5.41, 5.74) is 7.40. The highest BCUT2D eigenvalue weighted by molar-refractivity contribution is 7.99. The first-order valence-electron chi connectivity index (χ1n) is 15.4. The van der Waals surface area contributed by atoms with Crippen LogP contribution >= 0.6 is 11.8 Å². The highest BCUT2D eigenvalue weighted by Crippen LogP contribution is 2.40. The molecule has 0 aliphatic carbocycles. The molecular weight excluding hydrogens is 606 g/mol. The van der Waals surface area contributed by atoms with E-state index in [9.17, 15) is 14.7 Å². The predicted octanol–water partition coefficient (Wildman–Crippen LogP) is 5.37. The van der Waals surface area contributed by atoms with Crippen LogP contribution in [0.3, 0.4) is 0 Å². The summed E-state index contributed by atoms with van der Waals surface area (Å²) in [6.07, 6.45) is 3.94. The zero-order valence-electron chi connectivity index (χ0n) is 25.4. The van der Waals surface area contributed by atoms with Crippen LogP contribution in [0.1, 0.15) is 73.2 Å². The Kier molecular flexibility index (Phi) is 12.3. The van der Waals surface area contributed by atoms with Gasteiger partial charge in [0.25, 0.3) is 0 Å². The van der Waals surface area contributed by atoms with Crippen LogP contribution in [0.4, 0.5) is 0 Å². The average molecular weight is 646 g/mol. The normalized spacial score (nSPS) is 17.8. The number of amides is 2. The molecule has 2 heterocycles. The van der Waals surface area contributed by atoms with Crippen molar-refractivity contribution in [1.29, 1.82) is 0 Å². The second-order valence-electron chi connectivity index (χ2n) is 11.1. The van der Waals surface area contributed by atoms with Gasteiger partial charge < -0.3 is 19.9 Å². The molecule has 5 N–H and O–H groups in total. The van der Waals surface area contributed by atoms with E-state index in [1.807, 2.05) is 60.7 Å². The number of hydrogen-bond acceptors (Lipinski definition) is 9. The van der Waals surface area contributed by atoms with Gasteiger partial charge in [0.15, 0.2) is 11.4 Å². The number of benzene rings is 3.